The van der Waals surface area contributed by atoms with Crippen molar-refractivity contribution < 1.29 is 9.47 Å². The molecule has 0 unspecified atom stereocenters. The first-order chi connectivity index (χ1) is 8.19. The smallest absolute Gasteiger partial charge is 0.189 e. The Kier molecular flexibility index (Phi) is 2.77. The van der Waals surface area contributed by atoms with Crippen LogP contribution in [0.25, 0.3) is 0 Å². The van der Waals surface area contributed by atoms with Crippen molar-refractivity contribution in [2.24, 2.45) is 5.73 Å². The van der Waals surface area contributed by atoms with Crippen molar-refractivity contribution in [2.45, 2.75) is 37.8 Å². The molecular formula is C13H16ClNO2. The summed E-state index contributed by atoms with van der Waals surface area (Å²) in [6, 6.07) is 3.86. The molecule has 92 valence electrons. The molecule has 1 heterocycles. The van der Waals surface area contributed by atoms with Gasteiger partial charge in [-0.15, -0.1) is 0 Å². The minimum atomic E-state index is -0.272. The molecule has 1 fully saturated rings. The zero-order valence-electron chi connectivity index (χ0n) is 9.67. The molecule has 1 saturated carbocycles. The average molecular weight is 254 g/mol. The first-order valence-electron chi connectivity index (χ1n) is 6.01. The van der Waals surface area contributed by atoms with Crippen molar-refractivity contribution in [1.82, 2.24) is 0 Å². The quantitative estimate of drug-likeness (QED) is 0.837. The van der Waals surface area contributed by atoms with Gasteiger partial charge in [-0.3, -0.25) is 0 Å². The minimum Gasteiger partial charge on any atom is -0.467 e. The molecule has 17 heavy (non-hydrogen) atoms. The van der Waals surface area contributed by atoms with Gasteiger partial charge in [0.1, 0.15) is 5.75 Å². The molecule has 1 aliphatic carbocycles. The van der Waals surface area contributed by atoms with E-state index in [0.29, 0.717) is 18.4 Å². The summed E-state index contributed by atoms with van der Waals surface area (Å²) >= 11 is 6.16. The molecule has 1 aromatic carbocycles. The molecule has 0 atom stereocenters. The van der Waals surface area contributed by atoms with E-state index in [0.717, 1.165) is 29.7 Å². The van der Waals surface area contributed by atoms with Gasteiger partial charge in [0.2, 0.25) is 0 Å². The summed E-state index contributed by atoms with van der Waals surface area (Å²) in [6.07, 6.45) is 4.36. The highest BCUT2D eigenvalue weighted by molar-refractivity contribution is 6.30. The van der Waals surface area contributed by atoms with E-state index in [1.807, 2.05) is 12.1 Å². The van der Waals surface area contributed by atoms with Crippen molar-refractivity contribution in [3.63, 3.8) is 0 Å². The SMILES string of the molecule is NC1(c2cc(Cl)cc3c2OCOC3)CCCC1. The molecule has 0 bridgehead atoms. The lowest BCUT2D eigenvalue weighted by molar-refractivity contribution is -0.0177. The van der Waals surface area contributed by atoms with Crippen LogP contribution in [-0.4, -0.2) is 6.79 Å². The van der Waals surface area contributed by atoms with Gasteiger partial charge in [0, 0.05) is 21.7 Å². The summed E-state index contributed by atoms with van der Waals surface area (Å²) < 4.78 is 10.9. The number of hydrogen-bond acceptors (Lipinski definition) is 3. The standard InChI is InChI=1S/C13H16ClNO2/c14-10-5-9-7-16-8-17-12(9)11(6-10)13(15)3-1-2-4-13/h5-6H,1-4,7-8,15H2. The fourth-order valence-electron chi connectivity index (χ4n) is 2.83. The Morgan fingerprint density at radius 2 is 2.00 bits per heavy atom. The molecule has 3 rings (SSSR count). The van der Waals surface area contributed by atoms with Gasteiger partial charge < -0.3 is 15.2 Å². The zero-order valence-corrected chi connectivity index (χ0v) is 10.4. The van der Waals surface area contributed by atoms with Crippen LogP contribution in [-0.2, 0) is 16.9 Å². The Morgan fingerprint density at radius 3 is 2.76 bits per heavy atom. The number of ether oxygens (including phenoxy) is 2. The topological polar surface area (TPSA) is 44.5 Å². The number of rotatable bonds is 1. The average Bonchev–Trinajstić information content (AvgIpc) is 2.76. The first kappa shape index (κ1) is 11.3. The highest BCUT2D eigenvalue weighted by Gasteiger charge is 2.35. The highest BCUT2D eigenvalue weighted by atomic mass is 35.5. The molecular weight excluding hydrogens is 238 g/mol. The third-order valence-electron chi connectivity index (χ3n) is 3.71. The van der Waals surface area contributed by atoms with Gasteiger partial charge in [0.25, 0.3) is 0 Å². The van der Waals surface area contributed by atoms with E-state index in [-0.39, 0.29) is 5.54 Å². The van der Waals surface area contributed by atoms with Gasteiger partial charge in [0.15, 0.2) is 6.79 Å². The van der Waals surface area contributed by atoms with Crippen molar-refractivity contribution in [1.29, 1.82) is 0 Å². The number of benzene rings is 1. The summed E-state index contributed by atoms with van der Waals surface area (Å²) in [4.78, 5) is 0. The Bertz CT molecular complexity index is 441. The van der Waals surface area contributed by atoms with Crippen LogP contribution in [0.4, 0.5) is 0 Å². The van der Waals surface area contributed by atoms with Crippen LogP contribution >= 0.6 is 11.6 Å². The second kappa shape index (κ2) is 4.16. The van der Waals surface area contributed by atoms with E-state index in [9.17, 15) is 0 Å². The molecule has 0 aromatic heterocycles. The van der Waals surface area contributed by atoms with Crippen LogP contribution < -0.4 is 10.5 Å². The third-order valence-corrected chi connectivity index (χ3v) is 3.93. The van der Waals surface area contributed by atoms with Gasteiger partial charge >= 0.3 is 0 Å². The van der Waals surface area contributed by atoms with E-state index in [1.54, 1.807) is 0 Å². The maximum atomic E-state index is 6.49. The Morgan fingerprint density at radius 1 is 1.24 bits per heavy atom. The molecule has 0 amide bonds. The maximum Gasteiger partial charge on any atom is 0.189 e. The van der Waals surface area contributed by atoms with Crippen LogP contribution in [0.5, 0.6) is 5.75 Å². The van der Waals surface area contributed by atoms with Crippen molar-refractivity contribution in [3.8, 4) is 5.75 Å². The lowest BCUT2D eigenvalue weighted by atomic mass is 9.87. The molecule has 3 nitrogen and oxygen atoms in total. The fraction of sp³-hybridized carbons (Fsp3) is 0.538. The van der Waals surface area contributed by atoms with Crippen LogP contribution in [0, 0.1) is 0 Å². The minimum absolute atomic E-state index is 0.272. The van der Waals surface area contributed by atoms with E-state index in [2.05, 4.69) is 0 Å². The largest absolute Gasteiger partial charge is 0.467 e. The van der Waals surface area contributed by atoms with Crippen molar-refractivity contribution >= 4 is 11.6 Å². The number of nitrogens with two attached hydrogens (primary N) is 1. The van der Waals surface area contributed by atoms with E-state index in [4.69, 9.17) is 26.8 Å². The normalized spacial score (nSPS) is 22.0. The highest BCUT2D eigenvalue weighted by Crippen LogP contribution is 2.44. The molecule has 0 radical (unpaired) electrons. The Hall–Kier alpha value is -0.770. The van der Waals surface area contributed by atoms with Gasteiger partial charge in [-0.25, -0.2) is 0 Å². The number of halogens is 1. The van der Waals surface area contributed by atoms with Crippen molar-refractivity contribution in [2.75, 3.05) is 6.79 Å². The maximum absolute atomic E-state index is 6.49. The van der Waals surface area contributed by atoms with Crippen molar-refractivity contribution in [3.05, 3.63) is 28.3 Å². The predicted octanol–water partition coefficient (Wildman–Crippen LogP) is 2.93. The zero-order chi connectivity index (χ0) is 11.9. The predicted molar refractivity (Wildman–Crippen MR) is 66.1 cm³/mol. The molecule has 1 aliphatic heterocycles. The van der Waals surface area contributed by atoms with Crippen LogP contribution in [0.15, 0.2) is 12.1 Å². The van der Waals surface area contributed by atoms with Gasteiger partial charge in [-0.2, -0.15) is 0 Å². The second-order valence-corrected chi connectivity index (χ2v) is 5.35. The van der Waals surface area contributed by atoms with Gasteiger partial charge in [-0.05, 0) is 25.0 Å². The molecule has 0 spiro atoms. The molecule has 4 heteroatoms. The summed E-state index contributed by atoms with van der Waals surface area (Å²) in [5, 5.41) is 0.713. The summed E-state index contributed by atoms with van der Waals surface area (Å²) in [5.41, 5.74) is 8.29. The number of fused-ring (bicyclic) bond motifs is 1. The molecule has 0 saturated heterocycles. The molecule has 1 aromatic rings. The lowest BCUT2D eigenvalue weighted by Crippen LogP contribution is -2.34. The monoisotopic (exact) mass is 253 g/mol. The summed E-state index contributed by atoms with van der Waals surface area (Å²) in [7, 11) is 0. The van der Waals surface area contributed by atoms with E-state index >= 15 is 0 Å². The van der Waals surface area contributed by atoms with E-state index < -0.39 is 0 Å². The Labute approximate surface area is 106 Å². The van der Waals surface area contributed by atoms with Gasteiger partial charge in [-0.1, -0.05) is 24.4 Å². The second-order valence-electron chi connectivity index (χ2n) is 4.92. The van der Waals surface area contributed by atoms with Crippen LogP contribution in [0.3, 0.4) is 0 Å². The van der Waals surface area contributed by atoms with Crippen LogP contribution in [0.2, 0.25) is 5.02 Å². The summed E-state index contributed by atoms with van der Waals surface area (Å²) in [5.74, 6) is 0.894. The fourth-order valence-corrected chi connectivity index (χ4v) is 3.07. The third kappa shape index (κ3) is 1.92. The van der Waals surface area contributed by atoms with E-state index in [1.165, 1.54) is 12.8 Å². The van der Waals surface area contributed by atoms with Crippen LogP contribution in [0.1, 0.15) is 36.8 Å². The molecule has 2 aliphatic rings. The first-order valence-corrected chi connectivity index (χ1v) is 6.39. The van der Waals surface area contributed by atoms with Gasteiger partial charge in [0.05, 0.1) is 6.61 Å². The molecule has 2 N–H and O–H groups in total. The lowest BCUT2D eigenvalue weighted by Gasteiger charge is -2.30. The summed E-state index contributed by atoms with van der Waals surface area (Å²) in [6.45, 7) is 0.858. The number of hydrogen-bond donors (Lipinski definition) is 1. The Balaban J connectivity index is 2.11.